The minimum absolute atomic E-state index is 0.199. The van der Waals surface area contributed by atoms with Crippen LogP contribution in [0.5, 0.6) is 0 Å². The lowest BCUT2D eigenvalue weighted by molar-refractivity contribution is -0.143. The molecule has 1 aliphatic heterocycles. The highest BCUT2D eigenvalue weighted by Crippen LogP contribution is 2.42. The lowest BCUT2D eigenvalue weighted by atomic mass is 9.94. The smallest absolute Gasteiger partial charge is 0.321 e. The van der Waals surface area contributed by atoms with Crippen molar-refractivity contribution in [2.75, 3.05) is 6.54 Å². The highest BCUT2D eigenvalue weighted by Gasteiger charge is 2.47. The molecule has 0 radical (unpaired) electrons. The number of carboxylic acid groups (broad SMARTS) is 1. The van der Waals surface area contributed by atoms with Crippen LogP contribution >= 0.6 is 0 Å². The summed E-state index contributed by atoms with van der Waals surface area (Å²) in [5.41, 5.74) is 0. The highest BCUT2D eigenvalue weighted by molar-refractivity contribution is 5.74. The molecule has 6 nitrogen and oxygen atoms in total. The van der Waals surface area contributed by atoms with Crippen LogP contribution in [0, 0.1) is 11.8 Å². The monoisotopic (exact) mass is 279 g/mol. The van der Waals surface area contributed by atoms with E-state index in [1.807, 2.05) is 18.7 Å². The summed E-state index contributed by atoms with van der Waals surface area (Å²) in [7, 11) is 0. The van der Waals surface area contributed by atoms with Crippen LogP contribution in [-0.4, -0.2) is 38.7 Å². The predicted octanol–water partition coefficient (Wildman–Crippen LogP) is 1.88. The van der Waals surface area contributed by atoms with E-state index in [1.54, 1.807) is 0 Å². The SMILES string of the molecule is CC(C)c1nc(CN2CC3CCCC3C2C(=O)O)no1. The molecule has 3 rings (SSSR count). The molecular formula is C14H21N3O3. The van der Waals surface area contributed by atoms with Gasteiger partial charge in [0.15, 0.2) is 5.82 Å². The molecule has 2 heterocycles. The third kappa shape index (κ3) is 2.32. The van der Waals surface area contributed by atoms with Gasteiger partial charge in [-0.05, 0) is 24.7 Å². The van der Waals surface area contributed by atoms with E-state index >= 15 is 0 Å². The average molecular weight is 279 g/mol. The molecule has 2 fully saturated rings. The maximum atomic E-state index is 11.6. The summed E-state index contributed by atoms with van der Waals surface area (Å²) in [5.74, 6) is 1.51. The number of nitrogens with zero attached hydrogens (tertiary/aromatic N) is 3. The molecule has 1 aromatic rings. The molecule has 3 unspecified atom stereocenters. The van der Waals surface area contributed by atoms with Gasteiger partial charge in [0.2, 0.25) is 5.89 Å². The van der Waals surface area contributed by atoms with Crippen LogP contribution in [0.2, 0.25) is 0 Å². The Morgan fingerprint density at radius 1 is 1.50 bits per heavy atom. The van der Waals surface area contributed by atoms with Gasteiger partial charge < -0.3 is 9.63 Å². The summed E-state index contributed by atoms with van der Waals surface area (Å²) < 4.78 is 5.19. The summed E-state index contributed by atoms with van der Waals surface area (Å²) in [6.07, 6.45) is 3.34. The van der Waals surface area contributed by atoms with Crippen LogP contribution in [0.25, 0.3) is 0 Å². The number of carboxylic acids is 1. The van der Waals surface area contributed by atoms with Crippen molar-refractivity contribution in [2.24, 2.45) is 11.8 Å². The van der Waals surface area contributed by atoms with E-state index < -0.39 is 5.97 Å². The van der Waals surface area contributed by atoms with Crippen molar-refractivity contribution in [1.82, 2.24) is 15.0 Å². The summed E-state index contributed by atoms with van der Waals surface area (Å²) >= 11 is 0. The lowest BCUT2D eigenvalue weighted by Gasteiger charge is -2.22. The van der Waals surface area contributed by atoms with Crippen molar-refractivity contribution >= 4 is 5.97 Å². The summed E-state index contributed by atoms with van der Waals surface area (Å²) in [4.78, 5) is 17.9. The van der Waals surface area contributed by atoms with Gasteiger partial charge in [-0.25, -0.2) is 0 Å². The second kappa shape index (κ2) is 5.16. The van der Waals surface area contributed by atoms with E-state index in [-0.39, 0.29) is 12.0 Å². The Kier molecular flexibility index (Phi) is 3.50. The van der Waals surface area contributed by atoms with E-state index in [9.17, 15) is 9.90 Å². The molecule has 2 aliphatic rings. The summed E-state index contributed by atoms with van der Waals surface area (Å²) in [6.45, 7) is 5.31. The molecular weight excluding hydrogens is 258 g/mol. The molecule has 1 saturated carbocycles. The van der Waals surface area contributed by atoms with E-state index in [0.717, 1.165) is 25.8 Å². The molecule has 6 heteroatoms. The van der Waals surface area contributed by atoms with Crippen LogP contribution in [0.1, 0.15) is 50.7 Å². The van der Waals surface area contributed by atoms with Gasteiger partial charge in [0.1, 0.15) is 6.04 Å². The Bertz CT molecular complexity index is 500. The molecule has 1 saturated heterocycles. The van der Waals surface area contributed by atoms with Crippen molar-refractivity contribution in [3.8, 4) is 0 Å². The molecule has 0 aromatic carbocycles. The Morgan fingerprint density at radius 3 is 2.95 bits per heavy atom. The standard InChI is InChI=1S/C14H21N3O3/c1-8(2)13-15-11(16-20-13)7-17-6-9-4-3-5-10(9)12(17)14(18)19/h8-10,12H,3-7H2,1-2H3,(H,18,19). The zero-order chi connectivity index (χ0) is 14.3. The first-order valence-electron chi connectivity index (χ1n) is 7.35. The number of fused-ring (bicyclic) bond motifs is 1. The number of likely N-dealkylation sites (tertiary alicyclic amines) is 1. The van der Waals surface area contributed by atoms with Gasteiger partial charge in [-0.3, -0.25) is 9.69 Å². The number of hydrogen-bond acceptors (Lipinski definition) is 5. The van der Waals surface area contributed by atoms with Gasteiger partial charge in [0.05, 0.1) is 6.54 Å². The minimum atomic E-state index is -0.716. The van der Waals surface area contributed by atoms with Crippen molar-refractivity contribution < 1.29 is 14.4 Å². The van der Waals surface area contributed by atoms with Crippen LogP contribution in [-0.2, 0) is 11.3 Å². The van der Waals surface area contributed by atoms with Gasteiger partial charge in [0, 0.05) is 12.5 Å². The normalized spacial score (nSPS) is 30.1. The van der Waals surface area contributed by atoms with Crippen molar-refractivity contribution in [1.29, 1.82) is 0 Å². The van der Waals surface area contributed by atoms with Gasteiger partial charge in [-0.1, -0.05) is 25.4 Å². The van der Waals surface area contributed by atoms with Crippen molar-refractivity contribution in [3.05, 3.63) is 11.7 Å². The molecule has 1 N–H and O–H groups in total. The van der Waals surface area contributed by atoms with Crippen LogP contribution in [0.4, 0.5) is 0 Å². The molecule has 3 atom stereocenters. The van der Waals surface area contributed by atoms with Gasteiger partial charge in [-0.2, -0.15) is 4.98 Å². The van der Waals surface area contributed by atoms with E-state index in [2.05, 4.69) is 10.1 Å². The van der Waals surface area contributed by atoms with Crippen LogP contribution in [0.15, 0.2) is 4.52 Å². The number of aromatic nitrogens is 2. The molecule has 0 bridgehead atoms. The lowest BCUT2D eigenvalue weighted by Crippen LogP contribution is -2.39. The van der Waals surface area contributed by atoms with Gasteiger partial charge >= 0.3 is 5.97 Å². The molecule has 1 aromatic heterocycles. The summed E-state index contributed by atoms with van der Waals surface area (Å²) in [6, 6.07) is -0.386. The minimum Gasteiger partial charge on any atom is -0.480 e. The average Bonchev–Trinajstić information content (AvgIpc) is 3.02. The quantitative estimate of drug-likeness (QED) is 0.906. The van der Waals surface area contributed by atoms with E-state index in [0.29, 0.717) is 30.1 Å². The fourth-order valence-electron chi connectivity index (χ4n) is 3.64. The van der Waals surface area contributed by atoms with Crippen molar-refractivity contribution in [3.63, 3.8) is 0 Å². The fourth-order valence-corrected chi connectivity index (χ4v) is 3.64. The Labute approximate surface area is 118 Å². The molecule has 0 spiro atoms. The molecule has 110 valence electrons. The van der Waals surface area contributed by atoms with E-state index in [4.69, 9.17) is 4.52 Å². The summed E-state index contributed by atoms with van der Waals surface area (Å²) in [5, 5.41) is 13.5. The van der Waals surface area contributed by atoms with Crippen LogP contribution in [0.3, 0.4) is 0 Å². The Balaban J connectivity index is 1.74. The zero-order valence-electron chi connectivity index (χ0n) is 12.0. The van der Waals surface area contributed by atoms with E-state index in [1.165, 1.54) is 0 Å². The maximum absolute atomic E-state index is 11.6. The number of aliphatic carboxylic acids is 1. The fraction of sp³-hybridized carbons (Fsp3) is 0.786. The number of hydrogen-bond donors (Lipinski definition) is 1. The molecule has 20 heavy (non-hydrogen) atoms. The van der Waals surface area contributed by atoms with Crippen LogP contribution < -0.4 is 0 Å². The largest absolute Gasteiger partial charge is 0.480 e. The van der Waals surface area contributed by atoms with Crippen molar-refractivity contribution in [2.45, 2.75) is 51.6 Å². The molecule has 1 aliphatic carbocycles. The second-order valence-electron chi connectivity index (χ2n) is 6.27. The van der Waals surface area contributed by atoms with Gasteiger partial charge in [-0.15, -0.1) is 0 Å². The first-order chi connectivity index (χ1) is 9.56. The second-order valence-corrected chi connectivity index (χ2v) is 6.27. The maximum Gasteiger partial charge on any atom is 0.321 e. The predicted molar refractivity (Wildman–Crippen MR) is 71.1 cm³/mol. The first-order valence-corrected chi connectivity index (χ1v) is 7.35. The Morgan fingerprint density at radius 2 is 2.30 bits per heavy atom. The molecule has 0 amide bonds. The number of carbonyl (C=O) groups is 1. The van der Waals surface area contributed by atoms with Gasteiger partial charge in [0.25, 0.3) is 0 Å². The Hall–Kier alpha value is -1.43. The third-order valence-electron chi connectivity index (χ3n) is 4.56. The number of rotatable bonds is 4. The first kappa shape index (κ1) is 13.5. The zero-order valence-corrected chi connectivity index (χ0v) is 12.0. The third-order valence-corrected chi connectivity index (χ3v) is 4.56. The topological polar surface area (TPSA) is 79.5 Å². The highest BCUT2D eigenvalue weighted by atomic mass is 16.5.